The normalized spacial score (nSPS) is 14.5. The predicted octanol–water partition coefficient (Wildman–Crippen LogP) is 2.23. The summed E-state index contributed by atoms with van der Waals surface area (Å²) in [5, 5.41) is 18.0. The number of nitrogens with zero attached hydrogens (tertiary/aromatic N) is 6. The van der Waals surface area contributed by atoms with Gasteiger partial charge in [-0.3, -0.25) is 9.59 Å². The fraction of sp³-hybridized carbons (Fsp3) is 0.385. The molecule has 0 bridgehead atoms. The van der Waals surface area contributed by atoms with Crippen molar-refractivity contribution in [3.05, 3.63) is 69.1 Å². The molecule has 0 aliphatic carbocycles. The highest BCUT2D eigenvalue weighted by molar-refractivity contribution is 7.89. The van der Waals surface area contributed by atoms with Crippen molar-refractivity contribution in [2.24, 2.45) is 0 Å². The number of amides is 2. The fourth-order valence-corrected chi connectivity index (χ4v) is 6.59. The van der Waals surface area contributed by atoms with Crippen molar-refractivity contribution in [2.75, 3.05) is 26.2 Å². The number of nitrogens with one attached hydrogen (secondary N) is 2. The van der Waals surface area contributed by atoms with Gasteiger partial charge in [0.2, 0.25) is 10.0 Å². The van der Waals surface area contributed by atoms with Crippen LogP contribution in [0.4, 0.5) is 0 Å². The van der Waals surface area contributed by atoms with Crippen LogP contribution in [0, 0.1) is 20.8 Å². The van der Waals surface area contributed by atoms with E-state index in [1.54, 1.807) is 39.1 Å². The zero-order chi connectivity index (χ0) is 28.4. The standard InChI is InChI=1S/C26H30N8O4S2/c1-16-4-6-20(7-5-16)40(37,38)28-11-10-27-24(35)21-15-39-25(29-21)19-8-12-33(13-9-19)26(36)23-18(3)34-22(30-31-23)14-17(2)32-34/h4-7,14-15,19,28H,8-13H2,1-3H3,(H,27,35). The number of hydrogen-bond acceptors (Lipinski definition) is 9. The molecule has 5 rings (SSSR count). The van der Waals surface area contributed by atoms with E-state index in [1.807, 2.05) is 26.8 Å². The number of rotatable bonds is 8. The highest BCUT2D eigenvalue weighted by atomic mass is 32.2. The third kappa shape index (κ3) is 5.88. The topological polar surface area (TPSA) is 152 Å². The van der Waals surface area contributed by atoms with Crippen LogP contribution in [0.3, 0.4) is 0 Å². The molecular formula is C26H30N8O4S2. The molecule has 4 heterocycles. The van der Waals surface area contributed by atoms with Crippen LogP contribution >= 0.6 is 11.3 Å². The third-order valence-corrected chi connectivity index (χ3v) is 9.33. The number of carbonyl (C=O) groups is 2. The van der Waals surface area contributed by atoms with Gasteiger partial charge in [-0.05, 0) is 45.7 Å². The molecule has 0 spiro atoms. The second-order valence-electron chi connectivity index (χ2n) is 9.79. The van der Waals surface area contributed by atoms with Gasteiger partial charge in [-0.15, -0.1) is 21.5 Å². The Balaban J connectivity index is 1.11. The minimum Gasteiger partial charge on any atom is -0.349 e. The number of thiazole rings is 1. The molecule has 4 aromatic rings. The first kappa shape index (κ1) is 27.8. The summed E-state index contributed by atoms with van der Waals surface area (Å²) < 4.78 is 28.9. The lowest BCUT2D eigenvalue weighted by Crippen LogP contribution is -2.39. The summed E-state index contributed by atoms with van der Waals surface area (Å²) in [4.78, 5) is 32.2. The van der Waals surface area contributed by atoms with E-state index >= 15 is 0 Å². The lowest BCUT2D eigenvalue weighted by Gasteiger charge is -2.31. The van der Waals surface area contributed by atoms with E-state index < -0.39 is 10.0 Å². The molecule has 0 unspecified atom stereocenters. The van der Waals surface area contributed by atoms with Gasteiger partial charge in [0.05, 0.1) is 21.3 Å². The second kappa shape index (κ2) is 11.4. The van der Waals surface area contributed by atoms with E-state index in [-0.39, 0.29) is 35.7 Å². The van der Waals surface area contributed by atoms with Crippen molar-refractivity contribution in [3.63, 3.8) is 0 Å². The quantitative estimate of drug-likeness (QED) is 0.300. The maximum Gasteiger partial charge on any atom is 0.276 e. The van der Waals surface area contributed by atoms with E-state index in [9.17, 15) is 18.0 Å². The molecule has 2 N–H and O–H groups in total. The highest BCUT2D eigenvalue weighted by Crippen LogP contribution is 2.31. The molecule has 1 aliphatic heterocycles. The first-order valence-electron chi connectivity index (χ1n) is 12.9. The predicted molar refractivity (Wildman–Crippen MR) is 149 cm³/mol. The summed E-state index contributed by atoms with van der Waals surface area (Å²) in [6.45, 7) is 6.84. The van der Waals surface area contributed by atoms with Crippen molar-refractivity contribution >= 4 is 38.8 Å². The zero-order valence-corrected chi connectivity index (χ0v) is 24.0. The molecule has 0 saturated carbocycles. The van der Waals surface area contributed by atoms with E-state index in [0.717, 1.165) is 29.1 Å². The maximum atomic E-state index is 13.2. The van der Waals surface area contributed by atoms with Crippen molar-refractivity contribution < 1.29 is 18.0 Å². The molecule has 1 fully saturated rings. The lowest BCUT2D eigenvalue weighted by molar-refractivity contribution is 0.0704. The van der Waals surface area contributed by atoms with Gasteiger partial charge in [0.25, 0.3) is 11.8 Å². The minimum absolute atomic E-state index is 0.0578. The van der Waals surface area contributed by atoms with Gasteiger partial charge in [-0.2, -0.15) is 5.10 Å². The van der Waals surface area contributed by atoms with Crippen LogP contribution in [0.1, 0.15) is 61.7 Å². The Morgan fingerprint density at radius 1 is 1.05 bits per heavy atom. The minimum atomic E-state index is -3.64. The molecule has 14 heteroatoms. The smallest absolute Gasteiger partial charge is 0.276 e. The number of benzene rings is 1. The molecular weight excluding hydrogens is 552 g/mol. The Morgan fingerprint density at radius 2 is 1.77 bits per heavy atom. The van der Waals surface area contributed by atoms with Crippen molar-refractivity contribution in [3.8, 4) is 0 Å². The summed E-state index contributed by atoms with van der Waals surface area (Å²) in [7, 11) is -3.64. The van der Waals surface area contributed by atoms with E-state index in [1.165, 1.54) is 11.3 Å². The summed E-state index contributed by atoms with van der Waals surface area (Å²) >= 11 is 1.42. The molecule has 2 amide bonds. The number of aryl methyl sites for hydroxylation is 3. The Morgan fingerprint density at radius 3 is 2.50 bits per heavy atom. The first-order valence-corrected chi connectivity index (χ1v) is 15.3. The summed E-state index contributed by atoms with van der Waals surface area (Å²) in [6, 6.07) is 8.37. The van der Waals surface area contributed by atoms with Gasteiger partial charge >= 0.3 is 0 Å². The molecule has 3 aromatic heterocycles. The monoisotopic (exact) mass is 582 g/mol. The largest absolute Gasteiger partial charge is 0.349 e. The van der Waals surface area contributed by atoms with Crippen LogP contribution in [0.15, 0.2) is 40.6 Å². The molecule has 1 aliphatic rings. The number of hydrogen-bond donors (Lipinski definition) is 2. The van der Waals surface area contributed by atoms with Crippen LogP contribution in [0.5, 0.6) is 0 Å². The van der Waals surface area contributed by atoms with Crippen molar-refractivity contribution in [2.45, 2.75) is 44.4 Å². The summed E-state index contributed by atoms with van der Waals surface area (Å²) in [5.74, 6) is -0.390. The van der Waals surface area contributed by atoms with Gasteiger partial charge in [-0.25, -0.2) is 22.6 Å². The zero-order valence-electron chi connectivity index (χ0n) is 22.4. The van der Waals surface area contributed by atoms with Crippen LogP contribution in [0.2, 0.25) is 0 Å². The summed E-state index contributed by atoms with van der Waals surface area (Å²) in [5.41, 5.74) is 3.64. The Kier molecular flexibility index (Phi) is 7.92. The Hall–Kier alpha value is -3.75. The van der Waals surface area contributed by atoms with Crippen LogP contribution in [-0.4, -0.2) is 76.1 Å². The van der Waals surface area contributed by atoms with E-state index in [0.29, 0.717) is 35.8 Å². The number of fused-ring (bicyclic) bond motifs is 1. The number of aromatic nitrogens is 5. The third-order valence-electron chi connectivity index (χ3n) is 6.85. The van der Waals surface area contributed by atoms with Crippen LogP contribution in [-0.2, 0) is 10.0 Å². The van der Waals surface area contributed by atoms with E-state index in [4.69, 9.17) is 0 Å². The van der Waals surface area contributed by atoms with Crippen molar-refractivity contribution in [1.82, 2.24) is 39.7 Å². The number of carbonyl (C=O) groups excluding carboxylic acids is 2. The Bertz CT molecular complexity index is 1660. The molecule has 12 nitrogen and oxygen atoms in total. The maximum absolute atomic E-state index is 13.2. The Labute approximate surface area is 235 Å². The molecule has 1 aromatic carbocycles. The summed E-state index contributed by atoms with van der Waals surface area (Å²) in [6.07, 6.45) is 1.44. The molecule has 0 atom stereocenters. The molecule has 210 valence electrons. The van der Waals surface area contributed by atoms with Gasteiger partial charge in [0.15, 0.2) is 11.3 Å². The van der Waals surface area contributed by atoms with Gasteiger partial charge < -0.3 is 10.2 Å². The van der Waals surface area contributed by atoms with Gasteiger partial charge in [-0.1, -0.05) is 17.7 Å². The molecule has 40 heavy (non-hydrogen) atoms. The first-order chi connectivity index (χ1) is 19.1. The average Bonchev–Trinajstić information content (AvgIpc) is 3.58. The van der Waals surface area contributed by atoms with Crippen molar-refractivity contribution in [1.29, 1.82) is 0 Å². The van der Waals surface area contributed by atoms with Crippen LogP contribution < -0.4 is 10.0 Å². The van der Waals surface area contributed by atoms with Gasteiger partial charge in [0.1, 0.15) is 5.69 Å². The fourth-order valence-electron chi connectivity index (χ4n) is 4.59. The van der Waals surface area contributed by atoms with Crippen LogP contribution in [0.25, 0.3) is 5.65 Å². The van der Waals surface area contributed by atoms with E-state index in [2.05, 4.69) is 30.3 Å². The SMILES string of the molecule is Cc1ccc(S(=O)(=O)NCCNC(=O)c2csc(C3CCN(C(=O)c4nnc5cc(C)nn5c4C)CC3)n2)cc1. The number of likely N-dealkylation sites (tertiary alicyclic amines) is 1. The molecule has 0 radical (unpaired) electrons. The highest BCUT2D eigenvalue weighted by Gasteiger charge is 2.29. The number of piperidine rings is 1. The molecule has 1 saturated heterocycles. The second-order valence-corrected chi connectivity index (χ2v) is 12.5. The van der Waals surface area contributed by atoms with Gasteiger partial charge in [0, 0.05) is 43.5 Å². The average molecular weight is 583 g/mol. The number of sulfonamides is 1. The lowest BCUT2D eigenvalue weighted by atomic mass is 9.97.